The van der Waals surface area contributed by atoms with Gasteiger partial charge in [-0.3, -0.25) is 9.69 Å². The van der Waals surface area contributed by atoms with Gasteiger partial charge in [-0.15, -0.1) is 0 Å². The van der Waals surface area contributed by atoms with Crippen LogP contribution in [0.2, 0.25) is 10.0 Å². The number of carbonyl (C=O) groups excluding carboxylic acids is 1. The molecule has 3 atom stereocenters. The van der Waals surface area contributed by atoms with E-state index >= 15 is 0 Å². The van der Waals surface area contributed by atoms with Crippen LogP contribution >= 0.6 is 23.2 Å². The van der Waals surface area contributed by atoms with Crippen molar-refractivity contribution in [2.45, 2.75) is 56.7 Å². The third-order valence-corrected chi connectivity index (χ3v) is 6.65. The van der Waals surface area contributed by atoms with Crippen molar-refractivity contribution >= 4 is 29.1 Å². The minimum Gasteiger partial charge on any atom is -0.381 e. The van der Waals surface area contributed by atoms with Crippen molar-refractivity contribution in [2.75, 3.05) is 27.2 Å². The Morgan fingerprint density at radius 1 is 1.23 bits per heavy atom. The second-order valence-electron chi connectivity index (χ2n) is 7.48. The number of nitrogens with zero attached hydrogens (tertiary/aromatic N) is 2. The van der Waals surface area contributed by atoms with Gasteiger partial charge in [0.25, 0.3) is 0 Å². The average molecular weight is 399 g/mol. The van der Waals surface area contributed by atoms with E-state index in [0.29, 0.717) is 22.5 Å². The molecule has 144 valence electrons. The van der Waals surface area contributed by atoms with Gasteiger partial charge in [-0.05, 0) is 62.9 Å². The number of hydrogen-bond donors (Lipinski definition) is 0. The summed E-state index contributed by atoms with van der Waals surface area (Å²) in [6, 6.07) is 6.04. The summed E-state index contributed by atoms with van der Waals surface area (Å²) in [4.78, 5) is 17.5. The molecule has 6 heteroatoms. The average Bonchev–Trinajstić information content (AvgIpc) is 3.18. The summed E-state index contributed by atoms with van der Waals surface area (Å²) in [7, 11) is 3.71. The first-order chi connectivity index (χ1) is 12.5. The van der Waals surface area contributed by atoms with Crippen LogP contribution in [0.15, 0.2) is 18.2 Å². The Morgan fingerprint density at radius 2 is 1.96 bits per heavy atom. The summed E-state index contributed by atoms with van der Waals surface area (Å²) in [6.07, 6.45) is 6.17. The zero-order valence-electron chi connectivity index (χ0n) is 15.6. The minimum absolute atomic E-state index is 0.120. The lowest BCUT2D eigenvalue weighted by molar-refractivity contribution is -0.134. The molecule has 2 fully saturated rings. The maximum atomic E-state index is 13.0. The second-order valence-corrected chi connectivity index (χ2v) is 8.29. The third-order valence-electron chi connectivity index (χ3n) is 5.91. The SMILES string of the molecule is COC1CCC(N2CCCC2)C(N(C)C(=O)Cc2ccc(Cl)c(Cl)c2)C1. The molecule has 0 N–H and O–H groups in total. The van der Waals surface area contributed by atoms with Gasteiger partial charge in [-0.1, -0.05) is 29.3 Å². The smallest absolute Gasteiger partial charge is 0.227 e. The number of ether oxygens (including phenoxy) is 1. The lowest BCUT2D eigenvalue weighted by atomic mass is 9.86. The highest BCUT2D eigenvalue weighted by atomic mass is 35.5. The molecule has 1 saturated heterocycles. The summed E-state index contributed by atoms with van der Waals surface area (Å²) in [6.45, 7) is 2.29. The van der Waals surface area contributed by atoms with Gasteiger partial charge in [0, 0.05) is 26.2 Å². The van der Waals surface area contributed by atoms with Crippen LogP contribution in [0.3, 0.4) is 0 Å². The quantitative estimate of drug-likeness (QED) is 0.750. The first-order valence-corrected chi connectivity index (χ1v) is 10.2. The van der Waals surface area contributed by atoms with Crippen molar-refractivity contribution in [3.8, 4) is 0 Å². The first kappa shape index (κ1) is 19.9. The molecular weight excluding hydrogens is 371 g/mol. The van der Waals surface area contributed by atoms with E-state index in [2.05, 4.69) is 4.90 Å². The maximum Gasteiger partial charge on any atom is 0.227 e. The Morgan fingerprint density at radius 3 is 2.62 bits per heavy atom. The van der Waals surface area contributed by atoms with Crippen LogP contribution in [-0.2, 0) is 16.0 Å². The molecule has 2 aliphatic rings. The number of benzene rings is 1. The predicted molar refractivity (Wildman–Crippen MR) is 106 cm³/mol. The van der Waals surface area contributed by atoms with Gasteiger partial charge in [-0.2, -0.15) is 0 Å². The molecule has 1 saturated carbocycles. The van der Waals surface area contributed by atoms with Crippen LogP contribution in [0, 0.1) is 0 Å². The third kappa shape index (κ3) is 4.53. The van der Waals surface area contributed by atoms with E-state index in [1.54, 1.807) is 19.2 Å². The van der Waals surface area contributed by atoms with E-state index in [4.69, 9.17) is 27.9 Å². The Hall–Kier alpha value is -0.810. The van der Waals surface area contributed by atoms with E-state index in [1.807, 2.05) is 18.0 Å². The highest BCUT2D eigenvalue weighted by Gasteiger charge is 2.38. The fraction of sp³-hybridized carbons (Fsp3) is 0.650. The van der Waals surface area contributed by atoms with Crippen molar-refractivity contribution in [3.63, 3.8) is 0 Å². The summed E-state index contributed by atoms with van der Waals surface area (Å²) in [5, 5.41) is 1.01. The predicted octanol–water partition coefficient (Wildman–Crippen LogP) is 4.03. The van der Waals surface area contributed by atoms with Crippen LogP contribution in [0.1, 0.15) is 37.7 Å². The number of amides is 1. The van der Waals surface area contributed by atoms with Gasteiger partial charge >= 0.3 is 0 Å². The number of rotatable bonds is 5. The molecule has 26 heavy (non-hydrogen) atoms. The van der Waals surface area contributed by atoms with Crippen molar-refractivity contribution in [1.29, 1.82) is 0 Å². The van der Waals surface area contributed by atoms with Crippen molar-refractivity contribution < 1.29 is 9.53 Å². The minimum atomic E-state index is 0.120. The Balaban J connectivity index is 1.71. The Bertz CT molecular complexity index is 634. The molecular formula is C20H28Cl2N2O2. The van der Waals surface area contributed by atoms with E-state index < -0.39 is 0 Å². The van der Waals surface area contributed by atoms with Crippen LogP contribution < -0.4 is 0 Å². The van der Waals surface area contributed by atoms with E-state index in [-0.39, 0.29) is 18.1 Å². The van der Waals surface area contributed by atoms with Gasteiger partial charge in [0.1, 0.15) is 0 Å². The Labute approximate surface area is 166 Å². The second kappa shape index (κ2) is 8.92. The molecule has 0 aromatic heterocycles. The van der Waals surface area contributed by atoms with E-state index in [1.165, 1.54) is 12.8 Å². The van der Waals surface area contributed by atoms with Crippen LogP contribution in [0.5, 0.6) is 0 Å². The molecule has 4 nitrogen and oxygen atoms in total. The largest absolute Gasteiger partial charge is 0.381 e. The molecule has 1 aromatic rings. The lowest BCUT2D eigenvalue weighted by Gasteiger charge is -2.44. The number of halogens is 2. The summed E-state index contributed by atoms with van der Waals surface area (Å²) >= 11 is 12.1. The highest BCUT2D eigenvalue weighted by molar-refractivity contribution is 6.42. The zero-order valence-corrected chi connectivity index (χ0v) is 17.1. The number of carbonyl (C=O) groups is 1. The molecule has 0 radical (unpaired) electrons. The molecule has 1 amide bonds. The number of likely N-dealkylation sites (N-methyl/N-ethyl adjacent to an activating group) is 1. The Kier molecular flexibility index (Phi) is 6.84. The standard InChI is InChI=1S/C20H28Cl2N2O2/c1-23(20(25)12-14-5-7-16(21)17(22)11-14)19-13-15(26-2)6-8-18(19)24-9-3-4-10-24/h5,7,11,15,18-19H,3-4,6,8-10,12-13H2,1-2H3. The van der Waals surface area contributed by atoms with Gasteiger partial charge < -0.3 is 9.64 Å². The molecule has 1 aliphatic carbocycles. The number of hydrogen-bond acceptors (Lipinski definition) is 3. The van der Waals surface area contributed by atoms with Crippen molar-refractivity contribution in [3.05, 3.63) is 33.8 Å². The van der Waals surface area contributed by atoms with Gasteiger partial charge in [-0.25, -0.2) is 0 Å². The molecule has 0 bridgehead atoms. The van der Waals surface area contributed by atoms with E-state index in [0.717, 1.165) is 37.9 Å². The van der Waals surface area contributed by atoms with Crippen molar-refractivity contribution in [1.82, 2.24) is 9.80 Å². The van der Waals surface area contributed by atoms with Crippen LogP contribution in [-0.4, -0.2) is 61.1 Å². The monoisotopic (exact) mass is 398 g/mol. The molecule has 3 unspecified atom stereocenters. The lowest BCUT2D eigenvalue weighted by Crippen LogP contribution is -2.55. The summed E-state index contributed by atoms with van der Waals surface area (Å²) in [5.41, 5.74) is 0.896. The van der Waals surface area contributed by atoms with Gasteiger partial charge in [0.05, 0.1) is 22.6 Å². The summed E-state index contributed by atoms with van der Waals surface area (Å²) < 4.78 is 5.62. The van der Waals surface area contributed by atoms with Crippen LogP contribution in [0.4, 0.5) is 0 Å². The van der Waals surface area contributed by atoms with Gasteiger partial charge in [0.15, 0.2) is 0 Å². The topological polar surface area (TPSA) is 32.8 Å². The number of methoxy groups -OCH3 is 1. The zero-order chi connectivity index (χ0) is 18.7. The maximum absolute atomic E-state index is 13.0. The van der Waals surface area contributed by atoms with Crippen molar-refractivity contribution in [2.24, 2.45) is 0 Å². The molecule has 0 spiro atoms. The summed E-state index contributed by atoms with van der Waals surface area (Å²) in [5.74, 6) is 0.120. The fourth-order valence-electron chi connectivity index (χ4n) is 4.36. The molecule has 1 aliphatic heterocycles. The molecule has 1 heterocycles. The first-order valence-electron chi connectivity index (χ1n) is 9.46. The fourth-order valence-corrected chi connectivity index (χ4v) is 4.68. The molecule has 3 rings (SSSR count). The molecule has 1 aromatic carbocycles. The van der Waals surface area contributed by atoms with Gasteiger partial charge in [0.2, 0.25) is 5.91 Å². The highest BCUT2D eigenvalue weighted by Crippen LogP contribution is 2.31. The normalized spacial score (nSPS) is 26.8. The van der Waals surface area contributed by atoms with Crippen LogP contribution in [0.25, 0.3) is 0 Å². The van der Waals surface area contributed by atoms with E-state index in [9.17, 15) is 4.79 Å². The number of likely N-dealkylation sites (tertiary alicyclic amines) is 1.